The molecule has 0 aliphatic carbocycles. The maximum absolute atomic E-state index is 4.33. The van der Waals surface area contributed by atoms with Crippen LogP contribution in [0.25, 0.3) is 0 Å². The predicted octanol–water partition coefficient (Wildman–Crippen LogP) is 3.11. The maximum atomic E-state index is 4.33. The van der Waals surface area contributed by atoms with Gasteiger partial charge < -0.3 is 4.57 Å². The molecule has 0 saturated heterocycles. The molecule has 0 aliphatic rings. The van der Waals surface area contributed by atoms with Crippen molar-refractivity contribution >= 4 is 0 Å². The molecule has 0 bridgehead atoms. The van der Waals surface area contributed by atoms with Gasteiger partial charge in [-0.25, -0.2) is 4.98 Å². The van der Waals surface area contributed by atoms with Gasteiger partial charge in [0.1, 0.15) is 0 Å². The molecule has 0 spiro atoms. The SMILES string of the molecule is Cc1ncn(C(C)c2ccccc2)c1C. The summed E-state index contributed by atoms with van der Waals surface area (Å²) < 4.78 is 2.21. The summed E-state index contributed by atoms with van der Waals surface area (Å²) in [7, 11) is 0. The van der Waals surface area contributed by atoms with Crippen LogP contribution in [0.1, 0.15) is 29.9 Å². The van der Waals surface area contributed by atoms with E-state index in [0.29, 0.717) is 6.04 Å². The molecule has 2 aromatic rings. The van der Waals surface area contributed by atoms with Crippen LogP contribution in [-0.4, -0.2) is 9.55 Å². The van der Waals surface area contributed by atoms with Gasteiger partial charge in [-0.2, -0.15) is 0 Å². The lowest BCUT2D eigenvalue weighted by Crippen LogP contribution is -2.07. The van der Waals surface area contributed by atoms with Crippen molar-refractivity contribution in [1.82, 2.24) is 9.55 Å². The molecule has 1 unspecified atom stereocenters. The fraction of sp³-hybridized carbons (Fsp3) is 0.308. The lowest BCUT2D eigenvalue weighted by atomic mass is 10.1. The van der Waals surface area contributed by atoms with Gasteiger partial charge in [0, 0.05) is 5.69 Å². The predicted molar refractivity (Wildman–Crippen MR) is 62.0 cm³/mol. The zero-order chi connectivity index (χ0) is 10.8. The molecule has 1 aromatic heterocycles. The number of benzene rings is 1. The third-order valence-electron chi connectivity index (χ3n) is 2.99. The quantitative estimate of drug-likeness (QED) is 0.728. The Morgan fingerprint density at radius 2 is 1.80 bits per heavy atom. The first-order valence-corrected chi connectivity index (χ1v) is 5.25. The van der Waals surface area contributed by atoms with Crippen molar-refractivity contribution in [3.8, 4) is 0 Å². The molecule has 15 heavy (non-hydrogen) atoms. The highest BCUT2D eigenvalue weighted by Gasteiger charge is 2.10. The van der Waals surface area contributed by atoms with Crippen molar-refractivity contribution in [2.45, 2.75) is 26.8 Å². The van der Waals surface area contributed by atoms with E-state index in [4.69, 9.17) is 0 Å². The molecule has 0 amide bonds. The molecular formula is C13H16N2. The molecule has 78 valence electrons. The molecule has 0 saturated carbocycles. The Labute approximate surface area is 90.6 Å². The van der Waals surface area contributed by atoms with Gasteiger partial charge in [0.15, 0.2) is 0 Å². The summed E-state index contributed by atoms with van der Waals surface area (Å²) in [5.74, 6) is 0. The summed E-state index contributed by atoms with van der Waals surface area (Å²) in [4.78, 5) is 4.33. The van der Waals surface area contributed by atoms with Crippen molar-refractivity contribution in [1.29, 1.82) is 0 Å². The third-order valence-corrected chi connectivity index (χ3v) is 2.99. The van der Waals surface area contributed by atoms with Crippen molar-refractivity contribution in [2.75, 3.05) is 0 Å². The van der Waals surface area contributed by atoms with Gasteiger partial charge >= 0.3 is 0 Å². The number of aromatic nitrogens is 2. The number of rotatable bonds is 2. The molecule has 1 aromatic carbocycles. The van der Waals surface area contributed by atoms with E-state index >= 15 is 0 Å². The molecule has 1 atom stereocenters. The van der Waals surface area contributed by atoms with E-state index < -0.39 is 0 Å². The van der Waals surface area contributed by atoms with E-state index in [-0.39, 0.29) is 0 Å². The van der Waals surface area contributed by atoms with E-state index in [0.717, 1.165) is 5.69 Å². The highest BCUT2D eigenvalue weighted by Crippen LogP contribution is 2.20. The fourth-order valence-electron chi connectivity index (χ4n) is 1.80. The van der Waals surface area contributed by atoms with Crippen LogP contribution in [0.5, 0.6) is 0 Å². The number of hydrogen-bond acceptors (Lipinski definition) is 1. The first-order valence-electron chi connectivity index (χ1n) is 5.25. The first kappa shape index (κ1) is 9.97. The van der Waals surface area contributed by atoms with Crippen molar-refractivity contribution < 1.29 is 0 Å². The molecule has 1 heterocycles. The highest BCUT2D eigenvalue weighted by atomic mass is 15.1. The Kier molecular flexibility index (Phi) is 2.58. The molecule has 0 radical (unpaired) electrons. The Bertz CT molecular complexity index is 443. The lowest BCUT2D eigenvalue weighted by Gasteiger charge is -2.15. The van der Waals surface area contributed by atoms with Gasteiger partial charge in [-0.15, -0.1) is 0 Å². The standard InChI is InChI=1S/C13H16N2/c1-10-11(2)15(9-14-10)12(3)13-7-5-4-6-8-13/h4-9,12H,1-3H3. The van der Waals surface area contributed by atoms with Crippen LogP contribution < -0.4 is 0 Å². The fourth-order valence-corrected chi connectivity index (χ4v) is 1.80. The zero-order valence-corrected chi connectivity index (χ0v) is 9.44. The van der Waals surface area contributed by atoms with Gasteiger partial charge in [0.25, 0.3) is 0 Å². The minimum absolute atomic E-state index is 0.354. The highest BCUT2D eigenvalue weighted by molar-refractivity contribution is 5.21. The Morgan fingerprint density at radius 1 is 1.13 bits per heavy atom. The minimum atomic E-state index is 0.354. The normalized spacial score (nSPS) is 12.7. The average molecular weight is 200 g/mol. The van der Waals surface area contributed by atoms with Crippen molar-refractivity contribution in [2.24, 2.45) is 0 Å². The second-order valence-corrected chi connectivity index (χ2v) is 3.91. The van der Waals surface area contributed by atoms with Crippen molar-refractivity contribution in [3.63, 3.8) is 0 Å². The Hall–Kier alpha value is -1.57. The van der Waals surface area contributed by atoms with Crippen LogP contribution in [0.4, 0.5) is 0 Å². The van der Waals surface area contributed by atoms with Gasteiger partial charge in [-0.05, 0) is 26.3 Å². The summed E-state index contributed by atoms with van der Waals surface area (Å²) >= 11 is 0. The number of hydrogen-bond donors (Lipinski definition) is 0. The summed E-state index contributed by atoms with van der Waals surface area (Å²) in [6.45, 7) is 6.36. The van der Waals surface area contributed by atoms with E-state index in [1.165, 1.54) is 11.3 Å². The van der Waals surface area contributed by atoms with Crippen LogP contribution in [0.15, 0.2) is 36.7 Å². The van der Waals surface area contributed by atoms with E-state index in [9.17, 15) is 0 Å². The van der Waals surface area contributed by atoms with Gasteiger partial charge in [0.05, 0.1) is 18.1 Å². The lowest BCUT2D eigenvalue weighted by molar-refractivity contribution is 0.622. The first-order chi connectivity index (χ1) is 7.20. The average Bonchev–Trinajstić information content (AvgIpc) is 2.60. The zero-order valence-electron chi connectivity index (χ0n) is 9.44. The van der Waals surface area contributed by atoms with Crippen LogP contribution in [0.3, 0.4) is 0 Å². The number of nitrogens with zero attached hydrogens (tertiary/aromatic N) is 2. The summed E-state index contributed by atoms with van der Waals surface area (Å²) in [6.07, 6.45) is 1.92. The summed E-state index contributed by atoms with van der Waals surface area (Å²) in [5, 5.41) is 0. The Morgan fingerprint density at radius 3 is 2.33 bits per heavy atom. The minimum Gasteiger partial charge on any atom is -0.327 e. The van der Waals surface area contributed by atoms with Gasteiger partial charge in [-0.1, -0.05) is 30.3 Å². The third kappa shape index (κ3) is 1.80. The second kappa shape index (κ2) is 3.89. The largest absolute Gasteiger partial charge is 0.327 e. The van der Waals surface area contributed by atoms with E-state index in [1.54, 1.807) is 0 Å². The molecular weight excluding hydrogens is 184 g/mol. The van der Waals surface area contributed by atoms with Crippen LogP contribution in [-0.2, 0) is 0 Å². The Balaban J connectivity index is 2.37. The van der Waals surface area contributed by atoms with E-state index in [1.807, 2.05) is 19.3 Å². The summed E-state index contributed by atoms with van der Waals surface area (Å²) in [5.41, 5.74) is 3.67. The molecule has 0 aliphatic heterocycles. The van der Waals surface area contributed by atoms with Crippen molar-refractivity contribution in [3.05, 3.63) is 53.6 Å². The summed E-state index contributed by atoms with van der Waals surface area (Å²) in [6, 6.07) is 10.9. The number of aryl methyl sites for hydroxylation is 1. The maximum Gasteiger partial charge on any atom is 0.0957 e. The van der Waals surface area contributed by atoms with Gasteiger partial charge in [-0.3, -0.25) is 0 Å². The van der Waals surface area contributed by atoms with Crippen LogP contribution in [0, 0.1) is 13.8 Å². The molecule has 2 heteroatoms. The molecule has 0 fully saturated rings. The van der Waals surface area contributed by atoms with Gasteiger partial charge in [0.2, 0.25) is 0 Å². The number of imidazole rings is 1. The monoisotopic (exact) mass is 200 g/mol. The smallest absolute Gasteiger partial charge is 0.0957 e. The molecule has 2 nitrogen and oxygen atoms in total. The molecule has 2 rings (SSSR count). The topological polar surface area (TPSA) is 17.8 Å². The van der Waals surface area contributed by atoms with Crippen LogP contribution >= 0.6 is 0 Å². The van der Waals surface area contributed by atoms with E-state index in [2.05, 4.69) is 47.7 Å². The second-order valence-electron chi connectivity index (χ2n) is 3.91. The molecule has 0 N–H and O–H groups in total. The van der Waals surface area contributed by atoms with Crippen LogP contribution in [0.2, 0.25) is 0 Å².